The van der Waals surface area contributed by atoms with Crippen LogP contribution in [-0.4, -0.2) is 11.5 Å². The third-order valence-electron chi connectivity index (χ3n) is 2.99. The van der Waals surface area contributed by atoms with Gasteiger partial charge in [0.1, 0.15) is 5.82 Å². The molecule has 0 radical (unpaired) electrons. The van der Waals surface area contributed by atoms with Gasteiger partial charge in [-0.15, -0.1) is 0 Å². The van der Waals surface area contributed by atoms with E-state index in [1.807, 2.05) is 6.07 Å². The molecule has 2 aromatic rings. The van der Waals surface area contributed by atoms with E-state index >= 15 is 0 Å². The highest BCUT2D eigenvalue weighted by atomic mass is 79.9. The SMILES string of the molecule is O=[N+]([O-])c1cc(Br)cc(CNCCc2ccc(F)cc2)c1. The van der Waals surface area contributed by atoms with Gasteiger partial charge in [0.25, 0.3) is 5.69 Å². The van der Waals surface area contributed by atoms with Gasteiger partial charge in [-0.3, -0.25) is 10.1 Å². The summed E-state index contributed by atoms with van der Waals surface area (Å²) in [6, 6.07) is 11.2. The molecule has 0 saturated carbocycles. The molecule has 0 unspecified atom stereocenters. The molecule has 6 heteroatoms. The standard InChI is InChI=1S/C15H14BrFN2O2/c16-13-7-12(8-15(9-13)19(20)21)10-18-6-5-11-1-3-14(17)4-2-11/h1-4,7-9,18H,5-6,10H2. The summed E-state index contributed by atoms with van der Waals surface area (Å²) in [5.41, 5.74) is 1.96. The van der Waals surface area contributed by atoms with E-state index in [-0.39, 0.29) is 11.5 Å². The summed E-state index contributed by atoms with van der Waals surface area (Å²) in [6.45, 7) is 1.26. The lowest BCUT2D eigenvalue weighted by molar-refractivity contribution is -0.385. The number of nitrogens with one attached hydrogen (secondary N) is 1. The minimum atomic E-state index is -0.410. The molecule has 0 spiro atoms. The fraction of sp³-hybridized carbons (Fsp3) is 0.200. The van der Waals surface area contributed by atoms with Gasteiger partial charge in [0.2, 0.25) is 0 Å². The molecule has 0 atom stereocenters. The number of non-ortho nitro benzene ring substituents is 1. The number of hydrogen-bond acceptors (Lipinski definition) is 3. The van der Waals surface area contributed by atoms with Gasteiger partial charge >= 0.3 is 0 Å². The molecular weight excluding hydrogens is 339 g/mol. The summed E-state index contributed by atoms with van der Waals surface area (Å²) in [6.07, 6.45) is 0.774. The summed E-state index contributed by atoms with van der Waals surface area (Å²) >= 11 is 3.27. The monoisotopic (exact) mass is 352 g/mol. The summed E-state index contributed by atoms with van der Waals surface area (Å²) in [5.74, 6) is -0.242. The average Bonchev–Trinajstić information content (AvgIpc) is 2.45. The Kier molecular flexibility index (Phi) is 5.41. The zero-order valence-corrected chi connectivity index (χ0v) is 12.8. The quantitative estimate of drug-likeness (QED) is 0.488. The van der Waals surface area contributed by atoms with Gasteiger partial charge in [0, 0.05) is 23.2 Å². The Morgan fingerprint density at radius 1 is 1.14 bits per heavy atom. The van der Waals surface area contributed by atoms with Crippen molar-refractivity contribution < 1.29 is 9.31 Å². The van der Waals surface area contributed by atoms with Crippen molar-refractivity contribution >= 4 is 21.6 Å². The van der Waals surface area contributed by atoms with Gasteiger partial charge in [-0.25, -0.2) is 4.39 Å². The Morgan fingerprint density at radius 2 is 1.86 bits per heavy atom. The molecule has 0 bridgehead atoms. The van der Waals surface area contributed by atoms with E-state index in [0.717, 1.165) is 17.5 Å². The van der Waals surface area contributed by atoms with Crippen molar-refractivity contribution in [2.75, 3.05) is 6.54 Å². The molecule has 0 aromatic heterocycles. The second-order valence-electron chi connectivity index (χ2n) is 4.63. The predicted octanol–water partition coefficient (Wildman–Crippen LogP) is 3.83. The number of nitro groups is 1. The Hall–Kier alpha value is -1.79. The van der Waals surface area contributed by atoms with E-state index in [0.29, 0.717) is 17.6 Å². The Balaban J connectivity index is 1.86. The third-order valence-corrected chi connectivity index (χ3v) is 3.44. The molecule has 0 aliphatic carbocycles. The molecule has 4 nitrogen and oxygen atoms in total. The predicted molar refractivity (Wildman–Crippen MR) is 82.6 cm³/mol. The van der Waals surface area contributed by atoms with Crippen molar-refractivity contribution in [3.05, 3.63) is 74.0 Å². The van der Waals surface area contributed by atoms with Gasteiger partial charge in [0.15, 0.2) is 0 Å². The van der Waals surface area contributed by atoms with E-state index < -0.39 is 4.92 Å². The zero-order chi connectivity index (χ0) is 15.2. The van der Waals surface area contributed by atoms with Gasteiger partial charge in [0.05, 0.1) is 4.92 Å². The van der Waals surface area contributed by atoms with Crippen molar-refractivity contribution in [3.63, 3.8) is 0 Å². The van der Waals surface area contributed by atoms with Gasteiger partial charge in [-0.05, 0) is 42.3 Å². The van der Waals surface area contributed by atoms with Gasteiger partial charge in [-0.2, -0.15) is 0 Å². The van der Waals surface area contributed by atoms with Crippen LogP contribution in [0.3, 0.4) is 0 Å². The van der Waals surface area contributed by atoms with E-state index in [2.05, 4.69) is 21.2 Å². The van der Waals surface area contributed by atoms with Gasteiger partial charge < -0.3 is 5.32 Å². The van der Waals surface area contributed by atoms with Crippen molar-refractivity contribution in [2.24, 2.45) is 0 Å². The van der Waals surface area contributed by atoms with Crippen LogP contribution in [0.5, 0.6) is 0 Å². The number of nitrogens with zero attached hydrogens (tertiary/aromatic N) is 1. The first-order valence-corrected chi connectivity index (χ1v) is 7.23. The number of rotatable bonds is 6. The molecule has 0 amide bonds. The molecule has 21 heavy (non-hydrogen) atoms. The first-order chi connectivity index (χ1) is 10.0. The van der Waals surface area contributed by atoms with Crippen molar-refractivity contribution in [1.29, 1.82) is 0 Å². The maximum atomic E-state index is 12.8. The molecule has 110 valence electrons. The van der Waals surface area contributed by atoms with Crippen molar-refractivity contribution in [2.45, 2.75) is 13.0 Å². The normalized spacial score (nSPS) is 10.6. The summed E-state index contributed by atoms with van der Waals surface area (Å²) in [7, 11) is 0. The van der Waals surface area contributed by atoms with E-state index in [1.54, 1.807) is 18.2 Å². The maximum Gasteiger partial charge on any atom is 0.270 e. The zero-order valence-electron chi connectivity index (χ0n) is 11.2. The highest BCUT2D eigenvalue weighted by Gasteiger charge is 2.08. The Labute approximate surface area is 130 Å². The smallest absolute Gasteiger partial charge is 0.270 e. The minimum Gasteiger partial charge on any atom is -0.312 e. The third kappa shape index (κ3) is 4.91. The number of benzene rings is 2. The van der Waals surface area contributed by atoms with Crippen LogP contribution in [0.25, 0.3) is 0 Å². The molecule has 0 aliphatic heterocycles. The summed E-state index contributed by atoms with van der Waals surface area (Å²) in [4.78, 5) is 10.4. The lowest BCUT2D eigenvalue weighted by Crippen LogP contribution is -2.16. The summed E-state index contributed by atoms with van der Waals surface area (Å²) < 4.78 is 13.4. The first-order valence-electron chi connectivity index (χ1n) is 6.43. The lowest BCUT2D eigenvalue weighted by atomic mass is 10.1. The number of hydrogen-bond donors (Lipinski definition) is 1. The molecule has 0 fully saturated rings. The summed E-state index contributed by atoms with van der Waals surface area (Å²) in [5, 5.41) is 14.0. The topological polar surface area (TPSA) is 55.2 Å². The Bertz CT molecular complexity index is 632. The van der Waals surface area contributed by atoms with E-state index in [9.17, 15) is 14.5 Å². The fourth-order valence-corrected chi connectivity index (χ4v) is 2.49. The highest BCUT2D eigenvalue weighted by molar-refractivity contribution is 9.10. The van der Waals surface area contributed by atoms with Crippen LogP contribution in [0, 0.1) is 15.9 Å². The van der Waals surface area contributed by atoms with Crippen molar-refractivity contribution in [1.82, 2.24) is 5.32 Å². The molecular formula is C15H14BrFN2O2. The van der Waals surface area contributed by atoms with Crippen LogP contribution in [-0.2, 0) is 13.0 Å². The van der Waals surface area contributed by atoms with Crippen LogP contribution in [0.2, 0.25) is 0 Å². The van der Waals surface area contributed by atoms with Crippen molar-refractivity contribution in [3.8, 4) is 0 Å². The first kappa shape index (κ1) is 15.6. The van der Waals surface area contributed by atoms with Crippen LogP contribution in [0.15, 0.2) is 46.9 Å². The minimum absolute atomic E-state index is 0.0692. The van der Waals surface area contributed by atoms with Crippen LogP contribution in [0.4, 0.5) is 10.1 Å². The van der Waals surface area contributed by atoms with Crippen LogP contribution < -0.4 is 5.32 Å². The lowest BCUT2D eigenvalue weighted by Gasteiger charge is -2.06. The molecule has 1 N–H and O–H groups in total. The van der Waals surface area contributed by atoms with Crippen LogP contribution >= 0.6 is 15.9 Å². The molecule has 0 aliphatic rings. The number of halogens is 2. The van der Waals surface area contributed by atoms with E-state index in [4.69, 9.17) is 0 Å². The maximum absolute atomic E-state index is 12.8. The second-order valence-corrected chi connectivity index (χ2v) is 5.54. The number of nitro benzene ring substituents is 1. The van der Waals surface area contributed by atoms with Gasteiger partial charge in [-0.1, -0.05) is 28.1 Å². The van der Waals surface area contributed by atoms with E-state index in [1.165, 1.54) is 18.2 Å². The second kappa shape index (κ2) is 7.28. The van der Waals surface area contributed by atoms with Crippen LogP contribution in [0.1, 0.15) is 11.1 Å². The fourth-order valence-electron chi connectivity index (χ4n) is 1.96. The molecule has 2 rings (SSSR count). The molecule has 2 aromatic carbocycles. The molecule has 0 saturated heterocycles. The highest BCUT2D eigenvalue weighted by Crippen LogP contribution is 2.21. The molecule has 0 heterocycles. The largest absolute Gasteiger partial charge is 0.312 e. The Morgan fingerprint density at radius 3 is 2.52 bits per heavy atom. The average molecular weight is 353 g/mol.